The van der Waals surface area contributed by atoms with E-state index < -0.39 is 0 Å². The number of amides is 1. The first-order chi connectivity index (χ1) is 17.2. The smallest absolute Gasteiger partial charge is 0.271 e. The fraction of sp³-hybridized carbons (Fsp3) is 0.185. The highest BCUT2D eigenvalue weighted by Crippen LogP contribution is 2.40. The van der Waals surface area contributed by atoms with Crippen LogP contribution in [-0.4, -0.2) is 24.8 Å². The average molecular weight is 653 g/mol. The van der Waals surface area contributed by atoms with Gasteiger partial charge in [0.25, 0.3) is 5.91 Å². The largest absolute Gasteiger partial charge is 0.492 e. The van der Waals surface area contributed by atoms with E-state index >= 15 is 0 Å². The molecule has 3 aromatic carbocycles. The molecule has 0 aliphatic carbocycles. The second-order valence-electron chi connectivity index (χ2n) is 7.98. The van der Waals surface area contributed by atoms with Gasteiger partial charge in [-0.1, -0.05) is 35.3 Å². The molecule has 0 radical (unpaired) electrons. The normalized spacial score (nSPS) is 15.8. The Morgan fingerprint density at radius 1 is 1.06 bits per heavy atom. The third kappa shape index (κ3) is 5.69. The fourth-order valence-corrected chi connectivity index (χ4v) is 5.74. The average Bonchev–Trinajstić information content (AvgIpc) is 3.12. The summed E-state index contributed by atoms with van der Waals surface area (Å²) in [6, 6.07) is 14.9. The van der Waals surface area contributed by atoms with Crippen molar-refractivity contribution in [3.8, 4) is 11.5 Å². The van der Waals surface area contributed by atoms with Crippen LogP contribution in [0.5, 0.6) is 11.5 Å². The Labute approximate surface area is 238 Å². The van der Waals surface area contributed by atoms with E-state index in [9.17, 15) is 4.79 Å². The van der Waals surface area contributed by atoms with Crippen LogP contribution in [0.3, 0.4) is 0 Å². The van der Waals surface area contributed by atoms with E-state index in [4.69, 9.17) is 37.7 Å². The SMILES string of the molecule is CCOc1cc(/C=C2/SC(=Nc3ccc(C)c(Cl)c3)N(c3ccc(C)c(Cl)c3)C2=O)cc(I)c1OC. The zero-order chi connectivity index (χ0) is 26.0. The van der Waals surface area contributed by atoms with Gasteiger partial charge < -0.3 is 9.47 Å². The number of rotatable bonds is 6. The first-order valence-electron chi connectivity index (χ1n) is 11.1. The zero-order valence-corrected chi connectivity index (χ0v) is 24.6. The number of carbonyl (C=O) groups excluding carboxylic acids is 1. The van der Waals surface area contributed by atoms with Gasteiger partial charge in [0.05, 0.1) is 33.6 Å². The molecule has 0 atom stereocenters. The van der Waals surface area contributed by atoms with Gasteiger partial charge in [0.1, 0.15) is 0 Å². The molecule has 0 spiro atoms. The van der Waals surface area contributed by atoms with Crippen LogP contribution >= 0.6 is 57.6 Å². The predicted octanol–water partition coefficient (Wildman–Crippen LogP) is 8.43. The van der Waals surface area contributed by atoms with Crippen molar-refractivity contribution < 1.29 is 14.3 Å². The number of aliphatic imine (C=N–C) groups is 1. The van der Waals surface area contributed by atoms with Crippen LogP contribution < -0.4 is 14.4 Å². The van der Waals surface area contributed by atoms with E-state index in [2.05, 4.69) is 22.6 Å². The van der Waals surface area contributed by atoms with Crippen LogP contribution in [0.25, 0.3) is 6.08 Å². The quantitative estimate of drug-likeness (QED) is 0.198. The fourth-order valence-electron chi connectivity index (χ4n) is 3.54. The molecule has 9 heteroatoms. The number of hydrogen-bond donors (Lipinski definition) is 0. The van der Waals surface area contributed by atoms with Crippen LogP contribution in [-0.2, 0) is 4.79 Å². The zero-order valence-electron chi connectivity index (χ0n) is 20.1. The van der Waals surface area contributed by atoms with Crippen LogP contribution in [0.15, 0.2) is 58.4 Å². The number of nitrogens with zero attached hydrogens (tertiary/aromatic N) is 2. The number of anilines is 1. The minimum atomic E-state index is -0.194. The van der Waals surface area contributed by atoms with Gasteiger partial charge in [0.2, 0.25) is 0 Å². The summed E-state index contributed by atoms with van der Waals surface area (Å²) < 4.78 is 12.1. The summed E-state index contributed by atoms with van der Waals surface area (Å²) in [6.07, 6.45) is 1.84. The highest BCUT2D eigenvalue weighted by molar-refractivity contribution is 14.1. The second-order valence-corrected chi connectivity index (χ2v) is 11.0. The number of benzene rings is 3. The van der Waals surface area contributed by atoms with Gasteiger partial charge in [-0.3, -0.25) is 9.69 Å². The third-order valence-corrected chi connectivity index (χ3v) is 8.02. The Morgan fingerprint density at radius 3 is 2.39 bits per heavy atom. The number of methoxy groups -OCH3 is 1. The Bertz CT molecular complexity index is 1410. The van der Waals surface area contributed by atoms with Gasteiger partial charge in [-0.25, -0.2) is 4.99 Å². The van der Waals surface area contributed by atoms with E-state index in [1.807, 2.05) is 63.2 Å². The topological polar surface area (TPSA) is 51.1 Å². The third-order valence-electron chi connectivity index (χ3n) is 5.43. The lowest BCUT2D eigenvalue weighted by molar-refractivity contribution is -0.113. The number of halogens is 3. The Morgan fingerprint density at radius 2 is 1.75 bits per heavy atom. The van der Waals surface area contributed by atoms with Gasteiger partial charge in [-0.15, -0.1) is 0 Å². The van der Waals surface area contributed by atoms with Crippen molar-refractivity contribution in [1.29, 1.82) is 0 Å². The van der Waals surface area contributed by atoms with Gasteiger partial charge in [-0.05, 0) is 114 Å². The Hall–Kier alpha value is -2.20. The molecule has 1 aliphatic heterocycles. The molecular weight excluding hydrogens is 630 g/mol. The maximum absolute atomic E-state index is 13.7. The first-order valence-corrected chi connectivity index (χ1v) is 13.7. The standard InChI is InChI=1S/C27H23Cl2IN2O3S/c1-5-35-23-11-17(10-22(30)25(23)34-4)12-24-26(33)32(19-9-7-16(3)21(29)14-19)27(36-24)31-18-8-6-15(2)20(28)13-18/h6-14H,5H2,1-4H3/b24-12+,31-27?. The summed E-state index contributed by atoms with van der Waals surface area (Å²) in [4.78, 5) is 20.5. The molecule has 5 nitrogen and oxygen atoms in total. The summed E-state index contributed by atoms with van der Waals surface area (Å²) in [5, 5.41) is 1.70. The molecule has 0 N–H and O–H groups in total. The molecule has 1 amide bonds. The monoisotopic (exact) mass is 652 g/mol. The summed E-state index contributed by atoms with van der Waals surface area (Å²) in [5.41, 5.74) is 4.00. The molecule has 1 aliphatic rings. The Kier molecular flexibility index (Phi) is 8.55. The molecule has 186 valence electrons. The lowest BCUT2D eigenvalue weighted by Gasteiger charge is -2.16. The van der Waals surface area contributed by atoms with Crippen LogP contribution in [0.4, 0.5) is 11.4 Å². The lowest BCUT2D eigenvalue weighted by atomic mass is 10.1. The van der Waals surface area contributed by atoms with Crippen molar-refractivity contribution in [3.63, 3.8) is 0 Å². The molecule has 3 aromatic rings. The minimum Gasteiger partial charge on any atom is -0.492 e. The van der Waals surface area contributed by atoms with Crippen molar-refractivity contribution in [2.45, 2.75) is 20.8 Å². The van der Waals surface area contributed by atoms with Gasteiger partial charge in [0, 0.05) is 10.0 Å². The molecule has 0 aromatic heterocycles. The van der Waals surface area contributed by atoms with Crippen molar-refractivity contribution in [2.24, 2.45) is 4.99 Å². The molecule has 0 unspecified atom stereocenters. The summed E-state index contributed by atoms with van der Waals surface area (Å²) >= 11 is 16.2. The van der Waals surface area contributed by atoms with Gasteiger partial charge >= 0.3 is 0 Å². The molecule has 1 heterocycles. The lowest BCUT2D eigenvalue weighted by Crippen LogP contribution is -2.28. The molecule has 1 fully saturated rings. The first kappa shape index (κ1) is 26.9. The number of carbonyl (C=O) groups is 1. The maximum Gasteiger partial charge on any atom is 0.271 e. The summed E-state index contributed by atoms with van der Waals surface area (Å²) in [5.74, 6) is 1.10. The highest BCUT2D eigenvalue weighted by atomic mass is 127. The molecule has 1 saturated heterocycles. The van der Waals surface area contributed by atoms with E-state index in [-0.39, 0.29) is 5.91 Å². The van der Waals surface area contributed by atoms with Gasteiger partial charge in [0.15, 0.2) is 16.7 Å². The molecule has 0 bridgehead atoms. The van der Waals surface area contributed by atoms with Crippen molar-refractivity contribution >= 4 is 86.1 Å². The minimum absolute atomic E-state index is 0.194. The maximum atomic E-state index is 13.7. The highest BCUT2D eigenvalue weighted by Gasteiger charge is 2.35. The Balaban J connectivity index is 1.81. The van der Waals surface area contributed by atoms with Crippen LogP contribution in [0, 0.1) is 17.4 Å². The van der Waals surface area contributed by atoms with E-state index in [0.29, 0.717) is 49.6 Å². The molecule has 4 rings (SSSR count). The van der Waals surface area contributed by atoms with Crippen molar-refractivity contribution in [3.05, 3.63) is 83.7 Å². The van der Waals surface area contributed by atoms with Crippen molar-refractivity contribution in [2.75, 3.05) is 18.6 Å². The number of hydrogen-bond acceptors (Lipinski definition) is 5. The number of thioether (sulfide) groups is 1. The molecule has 0 saturated carbocycles. The van der Waals surface area contributed by atoms with Gasteiger partial charge in [-0.2, -0.15) is 0 Å². The number of amidine groups is 1. The van der Waals surface area contributed by atoms with Crippen LogP contribution in [0.2, 0.25) is 10.0 Å². The van der Waals surface area contributed by atoms with Crippen molar-refractivity contribution in [1.82, 2.24) is 0 Å². The summed E-state index contributed by atoms with van der Waals surface area (Å²) in [7, 11) is 1.61. The number of ether oxygens (including phenoxy) is 2. The second kappa shape index (κ2) is 11.5. The van der Waals surface area contributed by atoms with Crippen LogP contribution in [0.1, 0.15) is 23.6 Å². The van der Waals surface area contributed by atoms with E-state index in [1.165, 1.54) is 11.8 Å². The molecular formula is C27H23Cl2IN2O3S. The predicted molar refractivity (Wildman–Crippen MR) is 159 cm³/mol. The van der Waals surface area contributed by atoms with E-state index in [1.54, 1.807) is 24.1 Å². The molecule has 36 heavy (non-hydrogen) atoms. The van der Waals surface area contributed by atoms with E-state index in [0.717, 1.165) is 20.3 Å². The number of aryl methyl sites for hydroxylation is 2. The summed E-state index contributed by atoms with van der Waals surface area (Å²) in [6.45, 7) is 6.26.